The summed E-state index contributed by atoms with van der Waals surface area (Å²) in [6.07, 6.45) is 0. The van der Waals surface area contributed by atoms with Gasteiger partial charge in [-0.1, -0.05) is 0 Å². The van der Waals surface area contributed by atoms with Crippen molar-refractivity contribution in [2.24, 2.45) is 0 Å². The molecule has 0 aliphatic carbocycles. The van der Waals surface area contributed by atoms with E-state index in [4.69, 9.17) is 10.2 Å². The molecular weight excluding hydrogens is 219 g/mol. The molecule has 0 aliphatic rings. The van der Waals surface area contributed by atoms with Gasteiger partial charge in [0.2, 0.25) is 0 Å². The Bertz CT molecular complexity index is 283. The van der Waals surface area contributed by atoms with Crippen LogP contribution in [0.3, 0.4) is 0 Å². The maximum atomic E-state index is 9.49. The van der Waals surface area contributed by atoms with Gasteiger partial charge >= 0.3 is 29.6 Å². The smallest absolute Gasteiger partial charge is 0.691 e. The molecule has 72 valence electrons. The standard InChI is InChI=1S/C7H8O5S.Na/c1-4-2-5(13-12-11-10)3-6(8)7(4)9;/h2-3,8-10H,1H3;/q;+1/p-1. The summed E-state index contributed by atoms with van der Waals surface area (Å²) >= 11 is 0.652. The van der Waals surface area contributed by atoms with Crippen molar-refractivity contribution in [3.05, 3.63) is 17.7 Å². The van der Waals surface area contributed by atoms with Crippen LogP contribution < -0.4 is 34.8 Å². The van der Waals surface area contributed by atoms with Crippen molar-refractivity contribution in [1.29, 1.82) is 0 Å². The van der Waals surface area contributed by atoms with Crippen LogP contribution in [0, 0.1) is 6.92 Å². The van der Waals surface area contributed by atoms with E-state index in [0.29, 0.717) is 22.5 Å². The molecule has 2 N–H and O–H groups in total. The minimum Gasteiger partial charge on any atom is -0.691 e. The molecule has 0 aliphatic heterocycles. The largest absolute Gasteiger partial charge is 1.00 e. The Kier molecular flexibility index (Phi) is 6.54. The molecule has 0 saturated carbocycles. The molecule has 0 heterocycles. The average molecular weight is 226 g/mol. The Balaban J connectivity index is 0.00000169. The van der Waals surface area contributed by atoms with Crippen LogP contribution in [0.5, 0.6) is 11.5 Å². The van der Waals surface area contributed by atoms with Crippen molar-refractivity contribution in [3.63, 3.8) is 0 Å². The summed E-state index contributed by atoms with van der Waals surface area (Å²) in [5.41, 5.74) is 0.483. The maximum Gasteiger partial charge on any atom is 1.00 e. The molecule has 0 radical (unpaired) electrons. The number of hydrogen-bond donors (Lipinski definition) is 2. The number of benzene rings is 1. The van der Waals surface area contributed by atoms with Crippen LogP contribution in [-0.2, 0) is 9.37 Å². The SMILES string of the molecule is Cc1cc(SOO[O-])cc(O)c1O.[Na+]. The molecule has 0 aromatic heterocycles. The van der Waals surface area contributed by atoms with Crippen molar-refractivity contribution in [2.75, 3.05) is 0 Å². The minimum absolute atomic E-state index is 0. The van der Waals surface area contributed by atoms with Gasteiger partial charge in [-0.3, -0.25) is 5.04 Å². The third-order valence-electron chi connectivity index (χ3n) is 1.41. The number of aryl methyl sites for hydroxylation is 1. The summed E-state index contributed by atoms with van der Waals surface area (Å²) < 4.78 is 4.04. The Morgan fingerprint density at radius 3 is 2.50 bits per heavy atom. The minimum atomic E-state index is -0.267. The summed E-state index contributed by atoms with van der Waals surface area (Å²) in [5.74, 6) is -0.454. The van der Waals surface area contributed by atoms with Gasteiger partial charge in [0.25, 0.3) is 0 Å². The van der Waals surface area contributed by atoms with Gasteiger partial charge in [-0.05, 0) is 24.6 Å². The molecular formula is C7H7NaO5S. The van der Waals surface area contributed by atoms with E-state index in [1.807, 2.05) is 0 Å². The third kappa shape index (κ3) is 3.66. The van der Waals surface area contributed by atoms with E-state index < -0.39 is 0 Å². The molecule has 1 rings (SSSR count). The molecule has 14 heavy (non-hydrogen) atoms. The molecule has 5 nitrogen and oxygen atoms in total. The molecule has 1 aromatic rings. The monoisotopic (exact) mass is 226 g/mol. The third-order valence-corrected chi connectivity index (χ3v) is 1.96. The normalized spacial score (nSPS) is 9.57. The van der Waals surface area contributed by atoms with Crippen molar-refractivity contribution >= 4 is 12.0 Å². The summed E-state index contributed by atoms with van der Waals surface area (Å²) in [6.45, 7) is 1.61. The Morgan fingerprint density at radius 2 is 2.00 bits per heavy atom. The molecule has 0 amide bonds. The summed E-state index contributed by atoms with van der Waals surface area (Å²) in [6, 6.07) is 2.80. The van der Waals surface area contributed by atoms with Crippen molar-refractivity contribution in [1.82, 2.24) is 0 Å². The van der Waals surface area contributed by atoms with Crippen LogP contribution in [0.2, 0.25) is 0 Å². The van der Waals surface area contributed by atoms with Crippen molar-refractivity contribution in [3.8, 4) is 11.5 Å². The fourth-order valence-electron chi connectivity index (χ4n) is 0.830. The first-order chi connectivity index (χ1) is 6.15. The molecule has 0 saturated heterocycles. The molecule has 0 fully saturated rings. The molecule has 0 atom stereocenters. The van der Waals surface area contributed by atoms with Crippen LogP contribution >= 0.6 is 12.0 Å². The fourth-order valence-corrected chi connectivity index (χ4v) is 1.32. The van der Waals surface area contributed by atoms with Gasteiger partial charge in [0.05, 0.1) is 12.0 Å². The zero-order chi connectivity index (χ0) is 9.84. The van der Waals surface area contributed by atoms with Crippen molar-refractivity contribution < 1.29 is 54.4 Å². The number of aromatic hydroxyl groups is 2. The first kappa shape index (κ1) is 14.1. The summed E-state index contributed by atoms with van der Waals surface area (Å²) in [4.78, 5) is 0.462. The predicted molar refractivity (Wildman–Crippen MR) is 42.5 cm³/mol. The summed E-state index contributed by atoms with van der Waals surface area (Å²) in [7, 11) is 0. The molecule has 1 aromatic carbocycles. The zero-order valence-corrected chi connectivity index (χ0v) is 10.5. The van der Waals surface area contributed by atoms with E-state index in [0.717, 1.165) is 0 Å². The molecule has 0 bridgehead atoms. The Labute approximate surface area is 107 Å². The van der Waals surface area contributed by atoms with Crippen LogP contribution in [-0.4, -0.2) is 10.2 Å². The molecule has 0 unspecified atom stereocenters. The number of phenols is 2. The average Bonchev–Trinajstić information content (AvgIpc) is 2.10. The van der Waals surface area contributed by atoms with Gasteiger partial charge in [0.1, 0.15) is 0 Å². The number of hydrogen-bond acceptors (Lipinski definition) is 6. The van der Waals surface area contributed by atoms with E-state index >= 15 is 0 Å². The van der Waals surface area contributed by atoms with Crippen molar-refractivity contribution in [2.45, 2.75) is 11.8 Å². The fraction of sp³-hybridized carbons (Fsp3) is 0.143. The van der Waals surface area contributed by atoms with Gasteiger partial charge in [-0.25, -0.2) is 0 Å². The van der Waals surface area contributed by atoms with Crippen LogP contribution in [0.4, 0.5) is 0 Å². The number of phenolic OH excluding ortho intramolecular Hbond substituents is 2. The van der Waals surface area contributed by atoms with E-state index in [-0.39, 0.29) is 41.1 Å². The maximum absolute atomic E-state index is 9.49. The first-order valence-corrected chi connectivity index (χ1v) is 4.05. The van der Waals surface area contributed by atoms with Crippen LogP contribution in [0.25, 0.3) is 0 Å². The van der Waals surface area contributed by atoms with Crippen LogP contribution in [0.15, 0.2) is 17.0 Å². The van der Waals surface area contributed by atoms with E-state index in [1.165, 1.54) is 6.07 Å². The Hall–Kier alpha value is 0.0500. The van der Waals surface area contributed by atoms with Gasteiger partial charge in [0.15, 0.2) is 11.5 Å². The van der Waals surface area contributed by atoms with Gasteiger partial charge in [0, 0.05) is 4.90 Å². The second kappa shape index (κ2) is 6.52. The van der Waals surface area contributed by atoms with E-state index in [2.05, 4.69) is 9.37 Å². The van der Waals surface area contributed by atoms with Gasteiger partial charge < -0.3 is 15.5 Å². The topological polar surface area (TPSA) is 82.0 Å². The van der Waals surface area contributed by atoms with Gasteiger partial charge in [-0.15, -0.1) is 0 Å². The molecule has 7 heteroatoms. The van der Waals surface area contributed by atoms with Crippen LogP contribution in [0.1, 0.15) is 5.56 Å². The zero-order valence-electron chi connectivity index (χ0n) is 7.68. The van der Waals surface area contributed by atoms with E-state index in [9.17, 15) is 5.26 Å². The second-order valence-corrected chi connectivity index (χ2v) is 3.10. The first-order valence-electron chi connectivity index (χ1n) is 3.31. The van der Waals surface area contributed by atoms with E-state index in [1.54, 1.807) is 13.0 Å². The molecule has 0 spiro atoms. The summed E-state index contributed by atoms with van der Waals surface area (Å²) in [5, 5.41) is 30.9. The Morgan fingerprint density at radius 1 is 1.36 bits per heavy atom. The quantitative estimate of drug-likeness (QED) is 0.197. The second-order valence-electron chi connectivity index (χ2n) is 2.33. The number of rotatable bonds is 3. The van der Waals surface area contributed by atoms with Gasteiger partial charge in [-0.2, -0.15) is 4.33 Å². The predicted octanol–water partition coefficient (Wildman–Crippen LogP) is -2.36.